The van der Waals surface area contributed by atoms with Gasteiger partial charge in [-0.25, -0.2) is 0 Å². The Morgan fingerprint density at radius 1 is 0.939 bits per heavy atom. The van der Waals surface area contributed by atoms with Gasteiger partial charge in [0, 0.05) is 38.4 Å². The summed E-state index contributed by atoms with van der Waals surface area (Å²) < 4.78 is 5.42. The zero-order chi connectivity index (χ0) is 23.4. The Kier molecular flexibility index (Phi) is 7.26. The quantitative estimate of drug-likeness (QED) is 0.579. The van der Waals surface area contributed by atoms with Gasteiger partial charge >= 0.3 is 0 Å². The molecule has 0 radical (unpaired) electrons. The van der Waals surface area contributed by atoms with E-state index in [1.807, 2.05) is 68.1 Å². The van der Waals surface area contributed by atoms with Crippen LogP contribution in [0.25, 0.3) is 5.57 Å². The molecule has 2 aromatic rings. The fourth-order valence-corrected chi connectivity index (χ4v) is 4.71. The fraction of sp³-hybridized carbons (Fsp3) is 0.407. The molecule has 0 unspecified atom stereocenters. The molecule has 2 heterocycles. The number of hydrogen-bond donors (Lipinski definition) is 0. The number of morpholine rings is 1. The van der Waals surface area contributed by atoms with Crippen LogP contribution in [0.3, 0.4) is 0 Å². The lowest BCUT2D eigenvalue weighted by Crippen LogP contribution is -2.40. The number of ether oxygens (including phenoxy) is 1. The summed E-state index contributed by atoms with van der Waals surface area (Å²) >= 11 is 0. The average molecular weight is 448 g/mol. The zero-order valence-corrected chi connectivity index (χ0v) is 19.8. The van der Waals surface area contributed by atoms with Gasteiger partial charge in [0.2, 0.25) is 0 Å². The number of anilines is 1. The van der Waals surface area contributed by atoms with E-state index in [0.717, 1.165) is 61.6 Å². The highest BCUT2D eigenvalue weighted by Crippen LogP contribution is 2.35. The van der Waals surface area contributed by atoms with Crippen molar-refractivity contribution < 1.29 is 14.3 Å². The number of para-hydroxylation sites is 1. The van der Waals surface area contributed by atoms with Gasteiger partial charge in [-0.05, 0) is 50.5 Å². The molecule has 6 nitrogen and oxygen atoms in total. The molecule has 2 amide bonds. The van der Waals surface area contributed by atoms with Crippen LogP contribution in [0.2, 0.25) is 0 Å². The Bertz CT molecular complexity index is 1040. The molecule has 2 aromatic carbocycles. The largest absolute Gasteiger partial charge is 0.379 e. The van der Waals surface area contributed by atoms with Crippen molar-refractivity contribution in [2.24, 2.45) is 0 Å². The summed E-state index contributed by atoms with van der Waals surface area (Å²) in [6.07, 6.45) is 0.752. The van der Waals surface area contributed by atoms with Crippen LogP contribution < -0.4 is 4.90 Å². The van der Waals surface area contributed by atoms with Crippen LogP contribution in [0, 0.1) is 13.8 Å². The number of likely N-dealkylation sites (N-methyl/N-ethyl adjacent to an activating group) is 1. The van der Waals surface area contributed by atoms with E-state index >= 15 is 0 Å². The summed E-state index contributed by atoms with van der Waals surface area (Å²) in [6.45, 7) is 11.2. The van der Waals surface area contributed by atoms with Crippen LogP contribution in [0.15, 0.2) is 54.2 Å². The second kappa shape index (κ2) is 10.3. The van der Waals surface area contributed by atoms with Gasteiger partial charge in [-0.3, -0.25) is 19.4 Å². The minimum absolute atomic E-state index is 0.196. The molecule has 0 bridgehead atoms. The highest BCUT2D eigenvalue weighted by Gasteiger charge is 2.41. The Balaban J connectivity index is 1.67. The van der Waals surface area contributed by atoms with Crippen LogP contribution in [0.5, 0.6) is 0 Å². The molecule has 0 spiro atoms. The zero-order valence-electron chi connectivity index (χ0n) is 19.8. The third-order valence-electron chi connectivity index (χ3n) is 6.41. The molecule has 6 heteroatoms. The topological polar surface area (TPSA) is 53.1 Å². The number of carbonyl (C=O) groups is 2. The lowest BCUT2D eigenvalue weighted by molar-refractivity contribution is -0.137. The standard InChI is InChI=1S/C27H33N3O3/c1-4-29(22-9-6-5-7-10-22)25-24(23-12-11-20(2)19-21(23)3)26(31)30(27(25)32)14-8-13-28-15-17-33-18-16-28/h5-7,9-12,19H,4,8,13-18H2,1-3H3. The number of rotatable bonds is 8. The van der Waals surface area contributed by atoms with Crippen molar-refractivity contribution in [3.05, 3.63) is 70.9 Å². The molecule has 0 atom stereocenters. The number of aryl methyl sites for hydroxylation is 2. The highest BCUT2D eigenvalue weighted by atomic mass is 16.5. The van der Waals surface area contributed by atoms with Crippen LogP contribution in [-0.4, -0.2) is 67.6 Å². The summed E-state index contributed by atoms with van der Waals surface area (Å²) in [4.78, 5) is 33.1. The number of imide groups is 1. The number of hydrogen-bond acceptors (Lipinski definition) is 5. The van der Waals surface area contributed by atoms with Crippen molar-refractivity contribution in [3.63, 3.8) is 0 Å². The first-order valence-electron chi connectivity index (χ1n) is 11.8. The van der Waals surface area contributed by atoms with Gasteiger partial charge in [0.15, 0.2) is 0 Å². The van der Waals surface area contributed by atoms with E-state index in [1.165, 1.54) is 4.90 Å². The van der Waals surface area contributed by atoms with E-state index in [4.69, 9.17) is 4.74 Å². The number of amides is 2. The molecule has 1 saturated heterocycles. The molecule has 0 N–H and O–H groups in total. The third-order valence-corrected chi connectivity index (χ3v) is 6.41. The maximum absolute atomic E-state index is 13.7. The monoisotopic (exact) mass is 447 g/mol. The van der Waals surface area contributed by atoms with Crippen LogP contribution in [-0.2, 0) is 14.3 Å². The van der Waals surface area contributed by atoms with Gasteiger partial charge in [0.05, 0.1) is 18.8 Å². The van der Waals surface area contributed by atoms with Crippen molar-refractivity contribution in [1.82, 2.24) is 9.80 Å². The van der Waals surface area contributed by atoms with E-state index in [1.54, 1.807) is 0 Å². The number of nitrogens with zero attached hydrogens (tertiary/aromatic N) is 3. The third kappa shape index (κ3) is 4.87. The summed E-state index contributed by atoms with van der Waals surface area (Å²) in [5.41, 5.74) is 4.87. The van der Waals surface area contributed by atoms with Crippen LogP contribution in [0.4, 0.5) is 5.69 Å². The maximum Gasteiger partial charge on any atom is 0.278 e. The predicted molar refractivity (Wildman–Crippen MR) is 131 cm³/mol. The molecular formula is C27H33N3O3. The molecule has 0 saturated carbocycles. The highest BCUT2D eigenvalue weighted by molar-refractivity contribution is 6.37. The van der Waals surface area contributed by atoms with Crippen molar-refractivity contribution in [2.45, 2.75) is 27.2 Å². The SMILES string of the molecule is CCN(C1=C(c2ccc(C)cc2C)C(=O)N(CCCN2CCOCC2)C1=O)c1ccccc1. The summed E-state index contributed by atoms with van der Waals surface area (Å²) in [6, 6.07) is 15.9. The van der Waals surface area contributed by atoms with E-state index < -0.39 is 0 Å². The van der Waals surface area contributed by atoms with Crippen LogP contribution >= 0.6 is 0 Å². The van der Waals surface area contributed by atoms with Crippen molar-refractivity contribution in [1.29, 1.82) is 0 Å². The summed E-state index contributed by atoms with van der Waals surface area (Å²) in [5.74, 6) is -0.402. The molecule has 0 aliphatic carbocycles. The van der Waals surface area contributed by atoms with E-state index in [-0.39, 0.29) is 11.8 Å². The minimum atomic E-state index is -0.206. The average Bonchev–Trinajstić information content (AvgIpc) is 3.06. The van der Waals surface area contributed by atoms with Gasteiger partial charge in [0.1, 0.15) is 5.70 Å². The lowest BCUT2D eigenvalue weighted by atomic mass is 9.97. The van der Waals surface area contributed by atoms with Gasteiger partial charge in [-0.1, -0.05) is 42.0 Å². The molecule has 1 fully saturated rings. The second-order valence-corrected chi connectivity index (χ2v) is 8.69. The predicted octanol–water partition coefficient (Wildman–Crippen LogP) is 3.63. The molecule has 4 rings (SSSR count). The molecular weight excluding hydrogens is 414 g/mol. The Labute approximate surface area is 196 Å². The Morgan fingerprint density at radius 2 is 1.67 bits per heavy atom. The van der Waals surface area contributed by atoms with Gasteiger partial charge in [0.25, 0.3) is 11.8 Å². The first kappa shape index (κ1) is 23.2. The molecule has 2 aliphatic heterocycles. The van der Waals surface area contributed by atoms with Crippen molar-refractivity contribution in [3.8, 4) is 0 Å². The van der Waals surface area contributed by atoms with E-state index in [0.29, 0.717) is 24.4 Å². The smallest absolute Gasteiger partial charge is 0.278 e. The van der Waals surface area contributed by atoms with Gasteiger partial charge in [-0.2, -0.15) is 0 Å². The number of carbonyl (C=O) groups excluding carboxylic acids is 2. The van der Waals surface area contributed by atoms with Crippen molar-refractivity contribution in [2.75, 3.05) is 50.8 Å². The number of benzene rings is 2. The second-order valence-electron chi connectivity index (χ2n) is 8.69. The fourth-order valence-electron chi connectivity index (χ4n) is 4.71. The van der Waals surface area contributed by atoms with E-state index in [2.05, 4.69) is 11.0 Å². The van der Waals surface area contributed by atoms with Crippen LogP contribution in [0.1, 0.15) is 30.0 Å². The molecule has 174 valence electrons. The Morgan fingerprint density at radius 3 is 2.33 bits per heavy atom. The molecule has 0 aromatic heterocycles. The first-order valence-corrected chi connectivity index (χ1v) is 11.8. The Hall–Kier alpha value is -2.96. The molecule has 2 aliphatic rings. The molecule has 33 heavy (non-hydrogen) atoms. The minimum Gasteiger partial charge on any atom is -0.379 e. The van der Waals surface area contributed by atoms with E-state index in [9.17, 15) is 9.59 Å². The first-order chi connectivity index (χ1) is 16.0. The normalized spacial score (nSPS) is 17.2. The van der Waals surface area contributed by atoms with Gasteiger partial charge < -0.3 is 9.64 Å². The lowest BCUT2D eigenvalue weighted by Gasteiger charge is -2.27. The summed E-state index contributed by atoms with van der Waals surface area (Å²) in [7, 11) is 0. The van der Waals surface area contributed by atoms with Gasteiger partial charge in [-0.15, -0.1) is 0 Å². The van der Waals surface area contributed by atoms with Crippen molar-refractivity contribution >= 4 is 23.1 Å². The summed E-state index contributed by atoms with van der Waals surface area (Å²) in [5, 5.41) is 0. The maximum atomic E-state index is 13.7.